The molecule has 0 aromatic carbocycles. The van der Waals surface area contributed by atoms with Crippen LogP contribution in [0.4, 0.5) is 0 Å². The van der Waals surface area contributed by atoms with Crippen LogP contribution in [0.2, 0.25) is 0 Å². The molecule has 0 bridgehead atoms. The summed E-state index contributed by atoms with van der Waals surface area (Å²) in [6, 6.07) is 0. The molecule has 3 nitrogen and oxygen atoms in total. The van der Waals surface area contributed by atoms with E-state index in [4.69, 9.17) is 9.47 Å². The number of ether oxygens (including phenoxy) is 2. The van der Waals surface area contributed by atoms with Crippen molar-refractivity contribution in [3.8, 4) is 0 Å². The van der Waals surface area contributed by atoms with Crippen LogP contribution in [-0.2, 0) is 9.47 Å². The Labute approximate surface area is 118 Å². The summed E-state index contributed by atoms with van der Waals surface area (Å²) in [7, 11) is 0. The van der Waals surface area contributed by atoms with Crippen molar-refractivity contribution in [3.63, 3.8) is 0 Å². The van der Waals surface area contributed by atoms with Crippen LogP contribution in [-0.4, -0.2) is 44.0 Å². The van der Waals surface area contributed by atoms with Gasteiger partial charge in [-0.15, -0.1) is 0 Å². The van der Waals surface area contributed by atoms with Gasteiger partial charge < -0.3 is 14.4 Å². The topological polar surface area (TPSA) is 21.7 Å². The Hall–Kier alpha value is -0.120. The average Bonchev–Trinajstić information content (AvgIpc) is 2.45. The maximum absolute atomic E-state index is 5.63. The van der Waals surface area contributed by atoms with Gasteiger partial charge in [0.1, 0.15) is 0 Å². The third kappa shape index (κ3) is 4.73. The highest BCUT2D eigenvalue weighted by molar-refractivity contribution is 4.83. The Kier molecular flexibility index (Phi) is 6.62. The first kappa shape index (κ1) is 15.3. The third-order valence-electron chi connectivity index (χ3n) is 4.76. The molecule has 0 amide bonds. The molecule has 112 valence electrons. The molecule has 2 atom stereocenters. The normalized spacial score (nSPS) is 28.6. The van der Waals surface area contributed by atoms with Crippen molar-refractivity contribution in [2.75, 3.05) is 32.8 Å². The fourth-order valence-electron chi connectivity index (χ4n) is 3.75. The van der Waals surface area contributed by atoms with Crippen molar-refractivity contribution in [3.05, 3.63) is 0 Å². The lowest BCUT2D eigenvalue weighted by molar-refractivity contribution is -0.142. The number of rotatable bonds is 7. The summed E-state index contributed by atoms with van der Waals surface area (Å²) in [4.78, 5) is 2.64. The lowest BCUT2D eigenvalue weighted by Gasteiger charge is -2.41. The number of likely N-dealkylation sites (tertiary alicyclic amines) is 1. The van der Waals surface area contributed by atoms with Gasteiger partial charge in [-0.2, -0.15) is 0 Å². The quantitative estimate of drug-likeness (QED) is 0.662. The minimum Gasteiger partial charge on any atom is -0.353 e. The lowest BCUT2D eigenvalue weighted by atomic mass is 9.75. The molecule has 1 saturated heterocycles. The Balaban J connectivity index is 1.70. The van der Waals surface area contributed by atoms with Gasteiger partial charge in [0, 0.05) is 32.7 Å². The highest BCUT2D eigenvalue weighted by Gasteiger charge is 2.30. The van der Waals surface area contributed by atoms with Crippen LogP contribution in [0.15, 0.2) is 0 Å². The predicted octanol–water partition coefficient (Wildman–Crippen LogP) is 3.29. The number of nitrogens with zero attached hydrogens (tertiary/aromatic N) is 1. The van der Waals surface area contributed by atoms with E-state index in [1.54, 1.807) is 0 Å². The van der Waals surface area contributed by atoms with Gasteiger partial charge in [0.15, 0.2) is 6.29 Å². The molecule has 1 aliphatic heterocycles. The summed E-state index contributed by atoms with van der Waals surface area (Å²) < 4.78 is 11.3. The number of piperidine rings is 1. The molecule has 1 saturated carbocycles. The summed E-state index contributed by atoms with van der Waals surface area (Å²) in [5.41, 5.74) is 0. The van der Waals surface area contributed by atoms with Crippen LogP contribution >= 0.6 is 0 Å². The average molecular weight is 269 g/mol. The summed E-state index contributed by atoms with van der Waals surface area (Å²) >= 11 is 0. The zero-order valence-corrected chi connectivity index (χ0v) is 12.8. The summed E-state index contributed by atoms with van der Waals surface area (Å²) in [5, 5.41) is 0. The Morgan fingerprint density at radius 2 is 1.68 bits per heavy atom. The minimum atomic E-state index is -0.000852. The van der Waals surface area contributed by atoms with Crippen LogP contribution in [0.25, 0.3) is 0 Å². The van der Waals surface area contributed by atoms with Crippen LogP contribution in [0.3, 0.4) is 0 Å². The van der Waals surface area contributed by atoms with Crippen LogP contribution in [0.1, 0.15) is 52.4 Å². The van der Waals surface area contributed by atoms with E-state index < -0.39 is 0 Å². The second-order valence-electron chi connectivity index (χ2n) is 6.02. The fourth-order valence-corrected chi connectivity index (χ4v) is 3.75. The first-order chi connectivity index (χ1) is 9.33. The molecule has 2 fully saturated rings. The van der Waals surface area contributed by atoms with Gasteiger partial charge in [0.05, 0.1) is 0 Å². The highest BCUT2D eigenvalue weighted by Crippen LogP contribution is 2.36. The Morgan fingerprint density at radius 1 is 1.00 bits per heavy atom. The van der Waals surface area contributed by atoms with Gasteiger partial charge in [-0.25, -0.2) is 0 Å². The van der Waals surface area contributed by atoms with Crippen LogP contribution in [0, 0.1) is 11.8 Å². The van der Waals surface area contributed by atoms with E-state index in [0.717, 1.165) is 38.0 Å². The second-order valence-corrected chi connectivity index (χ2v) is 6.02. The molecule has 0 spiro atoms. The Bertz CT molecular complexity index is 241. The molecule has 2 unspecified atom stereocenters. The predicted molar refractivity (Wildman–Crippen MR) is 78.2 cm³/mol. The minimum absolute atomic E-state index is 0.000852. The molecule has 1 heterocycles. The van der Waals surface area contributed by atoms with Crippen LogP contribution < -0.4 is 0 Å². The van der Waals surface area contributed by atoms with E-state index in [1.807, 2.05) is 13.8 Å². The molecule has 3 heteroatoms. The van der Waals surface area contributed by atoms with Crippen molar-refractivity contribution in [2.24, 2.45) is 11.8 Å². The summed E-state index contributed by atoms with van der Waals surface area (Å²) in [6.07, 6.45) is 8.30. The zero-order chi connectivity index (χ0) is 13.5. The van der Waals surface area contributed by atoms with Crippen molar-refractivity contribution in [1.29, 1.82) is 0 Å². The molecule has 19 heavy (non-hydrogen) atoms. The first-order valence-corrected chi connectivity index (χ1v) is 8.29. The molecule has 2 aliphatic rings. The summed E-state index contributed by atoms with van der Waals surface area (Å²) in [5.74, 6) is 2.00. The van der Waals surface area contributed by atoms with Gasteiger partial charge in [0.25, 0.3) is 0 Å². The van der Waals surface area contributed by atoms with E-state index >= 15 is 0 Å². The molecule has 0 radical (unpaired) electrons. The molecule has 0 N–H and O–H groups in total. The van der Waals surface area contributed by atoms with E-state index in [1.165, 1.54) is 45.2 Å². The number of fused-ring (bicyclic) bond motifs is 1. The van der Waals surface area contributed by atoms with E-state index in [-0.39, 0.29) is 6.29 Å². The van der Waals surface area contributed by atoms with Crippen molar-refractivity contribution in [2.45, 2.75) is 58.7 Å². The van der Waals surface area contributed by atoms with Gasteiger partial charge in [-0.3, -0.25) is 0 Å². The molecule has 0 aromatic heterocycles. The lowest BCUT2D eigenvalue weighted by Crippen LogP contribution is -2.43. The van der Waals surface area contributed by atoms with E-state index in [2.05, 4.69) is 4.90 Å². The molecule has 2 rings (SSSR count). The zero-order valence-electron chi connectivity index (χ0n) is 12.8. The van der Waals surface area contributed by atoms with Gasteiger partial charge in [-0.1, -0.05) is 19.3 Å². The second kappa shape index (κ2) is 8.23. The van der Waals surface area contributed by atoms with Gasteiger partial charge in [-0.05, 0) is 45.1 Å². The van der Waals surface area contributed by atoms with E-state index in [0.29, 0.717) is 0 Å². The van der Waals surface area contributed by atoms with Gasteiger partial charge in [0.2, 0.25) is 0 Å². The SMILES string of the molecule is CCOC(CCN1CCC2CCCCC2C1)OCC. The number of hydrogen-bond donors (Lipinski definition) is 0. The maximum Gasteiger partial charge on any atom is 0.158 e. The molecular weight excluding hydrogens is 238 g/mol. The monoisotopic (exact) mass is 269 g/mol. The number of hydrogen-bond acceptors (Lipinski definition) is 3. The fraction of sp³-hybridized carbons (Fsp3) is 1.00. The third-order valence-corrected chi connectivity index (χ3v) is 4.76. The standard InChI is InChI=1S/C16H31NO2/c1-3-18-16(19-4-2)10-12-17-11-9-14-7-5-6-8-15(14)13-17/h14-16H,3-13H2,1-2H3. The van der Waals surface area contributed by atoms with Crippen molar-refractivity contribution >= 4 is 0 Å². The molecule has 1 aliphatic carbocycles. The molecule has 0 aromatic rings. The summed E-state index contributed by atoms with van der Waals surface area (Å²) in [6.45, 7) is 9.31. The Morgan fingerprint density at radius 3 is 2.37 bits per heavy atom. The van der Waals surface area contributed by atoms with Crippen LogP contribution in [0.5, 0.6) is 0 Å². The van der Waals surface area contributed by atoms with E-state index in [9.17, 15) is 0 Å². The largest absolute Gasteiger partial charge is 0.353 e. The van der Waals surface area contributed by atoms with Gasteiger partial charge >= 0.3 is 0 Å². The smallest absolute Gasteiger partial charge is 0.158 e. The first-order valence-electron chi connectivity index (χ1n) is 8.29. The van der Waals surface area contributed by atoms with Crippen molar-refractivity contribution < 1.29 is 9.47 Å². The molecular formula is C16H31NO2. The highest BCUT2D eigenvalue weighted by atomic mass is 16.7. The maximum atomic E-state index is 5.63. The van der Waals surface area contributed by atoms with Crippen molar-refractivity contribution in [1.82, 2.24) is 4.90 Å².